The highest BCUT2D eigenvalue weighted by atomic mass is 32.2. The fraction of sp³-hybridized carbons (Fsp3) is 0.196. The lowest BCUT2D eigenvalue weighted by molar-refractivity contribution is 0.340. The summed E-state index contributed by atoms with van der Waals surface area (Å²) >= 11 is 0. The van der Waals surface area contributed by atoms with E-state index < -0.39 is 0 Å². The number of hydrogen-bond donors (Lipinski definition) is 0. The fourth-order valence-corrected chi connectivity index (χ4v) is 23.9. The molecular weight excluding hydrogens is 1540 g/mol. The molecule has 604 valence electrons. The van der Waals surface area contributed by atoms with Gasteiger partial charge in [0.05, 0.1) is 68.2 Å². The Morgan fingerprint density at radius 3 is 0.597 bits per heavy atom. The predicted molar refractivity (Wildman–Crippen MR) is 514 cm³/mol. The van der Waals surface area contributed by atoms with E-state index in [1.54, 1.807) is 7.11 Å². The molecule has 7 heteroatoms. The Labute approximate surface area is 728 Å². The highest BCUT2D eigenvalue weighted by Gasteiger charge is 2.34. The highest BCUT2D eigenvalue weighted by molar-refractivity contribution is 7.98. The maximum absolute atomic E-state index is 5.56. The first-order valence-corrected chi connectivity index (χ1v) is 47.6. The first kappa shape index (κ1) is 89.4. The number of benzene rings is 15. The van der Waals surface area contributed by atoms with Crippen LogP contribution < -0.4 is 9.47 Å². The maximum atomic E-state index is 5.56. The molecule has 0 aliphatic carbocycles. The van der Waals surface area contributed by atoms with Gasteiger partial charge in [-0.1, -0.05) is 296 Å². The zero-order valence-electron chi connectivity index (χ0n) is 72.2. The van der Waals surface area contributed by atoms with Crippen molar-refractivity contribution in [3.8, 4) is 11.5 Å². The SMILES string of the molecule is CC(C)(C)c1ccc([S+](c2ccccc2)c2ccccc2)cc1.CC(C)Cc1ccc([S+](c2ccc(C(C)(C)C)cc2)c2ccc(C(C)(C)C)cc2)cc1.CC(C)c1ccc([S+](c2ccccc2)c2ccccc2)cc1.CCOc1ccc([S+](c2ccccc2)c2ccccc2)cc1.COc1ccc([S+](c2ccccc2)c2ccccc2)cc1. The smallest absolute Gasteiger partial charge is 0.166 e. The summed E-state index contributed by atoms with van der Waals surface area (Å²) in [6, 6.07) is 149. The number of ether oxygens (including phenoxy) is 2. The van der Waals surface area contributed by atoms with E-state index >= 15 is 0 Å². The Kier molecular flexibility index (Phi) is 33.1. The van der Waals surface area contributed by atoms with Gasteiger partial charge in [0.25, 0.3) is 0 Å². The van der Waals surface area contributed by atoms with Crippen LogP contribution in [-0.2, 0) is 77.1 Å². The van der Waals surface area contributed by atoms with Crippen LogP contribution in [-0.4, -0.2) is 13.7 Å². The zero-order valence-corrected chi connectivity index (χ0v) is 76.3. The molecule has 15 aromatic carbocycles. The standard InChI is InChI=1S/C30H39S.C22H23S.C21H21S.C20H19OS.C19H17OS/c1-22(2)21-23-9-15-26(16-10-23)31(27-17-11-24(12-18-27)29(3,4)5)28-19-13-25(14-20-28)30(6,7)8;1-22(2,3)18-14-16-21(17-15-18)23(19-10-6-4-7-11-19)20-12-8-5-9-13-20;1-17(2)18-13-15-21(16-14-18)22(19-9-5-3-6-10-19)20-11-7-4-8-12-20;1-2-21-17-13-15-20(16-14-17)22(18-9-5-3-6-10-18)19-11-7-4-8-12-19;1-20-16-12-14-19(15-13-16)21(17-8-4-2-5-9-17)18-10-6-3-7-11-18/h9-20,22H,21H2,1-8H3;4-17H,1-3H3;3-17H,1-2H3;3-16H,2H2,1H3;2-15H,1H3/q5*+1. The van der Waals surface area contributed by atoms with Crippen LogP contribution in [0.4, 0.5) is 0 Å². The van der Waals surface area contributed by atoms with Crippen molar-refractivity contribution < 1.29 is 9.47 Å². The minimum atomic E-state index is -0.106. The van der Waals surface area contributed by atoms with Crippen LogP contribution in [0.15, 0.2) is 486 Å². The van der Waals surface area contributed by atoms with E-state index in [1.165, 1.54) is 101 Å². The van der Waals surface area contributed by atoms with E-state index in [4.69, 9.17) is 9.47 Å². The molecule has 0 radical (unpaired) electrons. The van der Waals surface area contributed by atoms with Gasteiger partial charge < -0.3 is 9.47 Å². The third-order valence-electron chi connectivity index (χ3n) is 20.0. The largest absolute Gasteiger partial charge is 0.497 e. The maximum Gasteiger partial charge on any atom is 0.166 e. The molecule has 0 fully saturated rings. The van der Waals surface area contributed by atoms with Gasteiger partial charge in [0, 0.05) is 0 Å². The molecule has 0 aliphatic rings. The van der Waals surface area contributed by atoms with Crippen molar-refractivity contribution in [2.45, 2.75) is 199 Å². The Balaban J connectivity index is 0.000000147. The third kappa shape index (κ3) is 26.1. The van der Waals surface area contributed by atoms with Gasteiger partial charge >= 0.3 is 0 Å². The van der Waals surface area contributed by atoms with Gasteiger partial charge in [-0.15, -0.1) is 0 Å². The molecule has 2 nitrogen and oxygen atoms in total. The average molecular weight is 1660 g/mol. The summed E-state index contributed by atoms with van der Waals surface area (Å²) in [7, 11) is 1.34. The van der Waals surface area contributed by atoms with Crippen molar-refractivity contribution in [2.24, 2.45) is 5.92 Å². The van der Waals surface area contributed by atoms with Crippen molar-refractivity contribution in [3.63, 3.8) is 0 Å². The van der Waals surface area contributed by atoms with E-state index in [1.807, 2.05) is 19.1 Å². The lowest BCUT2D eigenvalue weighted by Crippen LogP contribution is -2.13. The van der Waals surface area contributed by atoms with Crippen LogP contribution in [0.2, 0.25) is 0 Å². The number of rotatable bonds is 21. The van der Waals surface area contributed by atoms with Gasteiger partial charge in [-0.05, 0) is 275 Å². The molecule has 0 aromatic heterocycles. The minimum Gasteiger partial charge on any atom is -0.497 e. The van der Waals surface area contributed by atoms with E-state index in [0.29, 0.717) is 18.4 Å². The Morgan fingerprint density at radius 2 is 0.412 bits per heavy atom. The second kappa shape index (κ2) is 44.1. The summed E-state index contributed by atoms with van der Waals surface area (Å²) in [5.41, 5.74) is 7.50. The van der Waals surface area contributed by atoms with Crippen LogP contribution in [0.5, 0.6) is 11.5 Å². The van der Waals surface area contributed by atoms with Crippen LogP contribution in [0.1, 0.15) is 131 Å². The van der Waals surface area contributed by atoms with E-state index in [0.717, 1.165) is 17.9 Å². The van der Waals surface area contributed by atoms with Gasteiger partial charge in [-0.25, -0.2) is 0 Å². The van der Waals surface area contributed by atoms with Gasteiger partial charge in [-0.2, -0.15) is 0 Å². The topological polar surface area (TPSA) is 18.5 Å². The zero-order chi connectivity index (χ0) is 84.2. The molecule has 0 saturated carbocycles. The molecule has 0 atom stereocenters. The summed E-state index contributed by atoms with van der Waals surface area (Å²) in [5.74, 6) is 3.07. The summed E-state index contributed by atoms with van der Waals surface area (Å²) < 4.78 is 10.8. The first-order valence-electron chi connectivity index (χ1n) is 41.5. The van der Waals surface area contributed by atoms with Crippen LogP contribution in [0.25, 0.3) is 0 Å². The minimum absolute atomic E-state index is 0.0361. The first-order chi connectivity index (χ1) is 57.5. The molecule has 0 spiro atoms. The van der Waals surface area contributed by atoms with Crippen molar-refractivity contribution >= 4 is 54.5 Å². The predicted octanol–water partition coefficient (Wildman–Crippen LogP) is 30.5. The molecule has 15 aromatic rings. The lowest BCUT2D eigenvalue weighted by Gasteiger charge is -2.20. The normalized spacial score (nSPS) is 11.4. The van der Waals surface area contributed by atoms with Crippen LogP contribution in [0, 0.1) is 5.92 Å². The monoisotopic (exact) mass is 1660 g/mol. The Bertz CT molecular complexity index is 5160. The second-order valence-corrected chi connectivity index (χ2v) is 43.0. The van der Waals surface area contributed by atoms with Crippen molar-refractivity contribution in [3.05, 3.63) is 440 Å². The number of methoxy groups -OCH3 is 1. The van der Waals surface area contributed by atoms with E-state index in [-0.39, 0.29) is 70.7 Å². The molecular formula is C112H119O2S5+5. The molecule has 0 amide bonds. The summed E-state index contributed by atoms with van der Waals surface area (Å²) in [4.78, 5) is 20.3. The number of hydrogen-bond acceptors (Lipinski definition) is 2. The summed E-state index contributed by atoms with van der Waals surface area (Å²) in [6.45, 7) is 32.2. The second-order valence-electron chi connectivity index (χ2n) is 32.9. The molecule has 15 rings (SSSR count). The molecule has 0 bridgehead atoms. The highest BCUT2D eigenvalue weighted by Crippen LogP contribution is 2.39. The van der Waals surface area contributed by atoms with Crippen LogP contribution in [0.3, 0.4) is 0 Å². The van der Waals surface area contributed by atoms with E-state index in [9.17, 15) is 0 Å². The summed E-state index contributed by atoms with van der Waals surface area (Å²) in [6.07, 6.45) is 1.13. The van der Waals surface area contributed by atoms with Gasteiger partial charge in [0.15, 0.2) is 73.4 Å². The van der Waals surface area contributed by atoms with Crippen molar-refractivity contribution in [1.29, 1.82) is 0 Å². The van der Waals surface area contributed by atoms with Crippen molar-refractivity contribution in [1.82, 2.24) is 0 Å². The Morgan fingerprint density at radius 1 is 0.227 bits per heavy atom. The van der Waals surface area contributed by atoms with Crippen molar-refractivity contribution in [2.75, 3.05) is 13.7 Å². The van der Waals surface area contributed by atoms with Gasteiger partial charge in [0.1, 0.15) is 11.5 Å². The average Bonchev–Trinajstić information content (AvgIpc) is 0.792. The van der Waals surface area contributed by atoms with Gasteiger partial charge in [-0.3, -0.25) is 0 Å². The quantitative estimate of drug-likeness (QED) is 0.0668. The van der Waals surface area contributed by atoms with E-state index in [2.05, 4.69) is 490 Å². The molecule has 0 unspecified atom stereocenters. The van der Waals surface area contributed by atoms with Gasteiger partial charge in [0.2, 0.25) is 0 Å². The van der Waals surface area contributed by atoms with Crippen LogP contribution >= 0.6 is 0 Å². The molecule has 0 aliphatic heterocycles. The molecule has 0 heterocycles. The fourth-order valence-electron chi connectivity index (χ4n) is 13.5. The molecule has 0 N–H and O–H groups in total. The molecule has 119 heavy (non-hydrogen) atoms. The lowest BCUT2D eigenvalue weighted by atomic mass is 9.87. The molecule has 0 saturated heterocycles. The Hall–Kier alpha value is -10.4. The third-order valence-corrected chi connectivity index (χ3v) is 31.1. The summed E-state index contributed by atoms with van der Waals surface area (Å²) in [5, 5.41) is 0.